The average Bonchev–Trinajstić information content (AvgIpc) is 2.29. The maximum Gasteiger partial charge on any atom is 0.0485 e. The van der Waals surface area contributed by atoms with Crippen molar-refractivity contribution in [2.45, 2.75) is 26.3 Å². The van der Waals surface area contributed by atoms with E-state index in [1.165, 1.54) is 5.56 Å². The number of likely N-dealkylation sites (N-methyl/N-ethyl adjacent to an activating group) is 1. The lowest BCUT2D eigenvalue weighted by Gasteiger charge is -2.29. The second-order valence-corrected chi connectivity index (χ2v) is 4.73. The zero-order chi connectivity index (χ0) is 12.0. The van der Waals surface area contributed by atoms with Gasteiger partial charge < -0.3 is 5.73 Å². The third-order valence-corrected chi connectivity index (χ3v) is 3.13. The predicted molar refractivity (Wildman–Crippen MR) is 71.3 cm³/mol. The lowest BCUT2D eigenvalue weighted by molar-refractivity contribution is 0.212. The van der Waals surface area contributed by atoms with Crippen molar-refractivity contribution in [1.82, 2.24) is 9.88 Å². The Labute approximate surface area is 106 Å². The molecule has 0 aliphatic heterocycles. The van der Waals surface area contributed by atoms with Crippen LogP contribution in [0.15, 0.2) is 22.9 Å². The molecule has 0 spiro atoms. The van der Waals surface area contributed by atoms with E-state index in [-0.39, 0.29) is 6.04 Å². The van der Waals surface area contributed by atoms with Gasteiger partial charge in [0.05, 0.1) is 0 Å². The molecule has 0 amide bonds. The maximum atomic E-state index is 5.88. The third-order valence-electron chi connectivity index (χ3n) is 2.69. The van der Waals surface area contributed by atoms with Gasteiger partial charge >= 0.3 is 0 Å². The Hall–Kier alpha value is -0.450. The lowest BCUT2D eigenvalue weighted by Crippen LogP contribution is -2.34. The van der Waals surface area contributed by atoms with E-state index in [2.05, 4.69) is 45.7 Å². The molecule has 2 N–H and O–H groups in total. The number of aromatic nitrogens is 1. The Bertz CT molecular complexity index is 317. The minimum Gasteiger partial charge on any atom is -0.329 e. The van der Waals surface area contributed by atoms with Crippen molar-refractivity contribution in [3.8, 4) is 0 Å². The summed E-state index contributed by atoms with van der Waals surface area (Å²) in [4.78, 5) is 6.59. The number of hydrogen-bond acceptors (Lipinski definition) is 3. The van der Waals surface area contributed by atoms with Crippen LogP contribution in [0.5, 0.6) is 0 Å². The van der Waals surface area contributed by atoms with Crippen molar-refractivity contribution in [1.29, 1.82) is 0 Å². The highest BCUT2D eigenvalue weighted by atomic mass is 79.9. The fourth-order valence-electron chi connectivity index (χ4n) is 1.93. The van der Waals surface area contributed by atoms with E-state index >= 15 is 0 Å². The summed E-state index contributed by atoms with van der Waals surface area (Å²) in [6.45, 7) is 7.08. The van der Waals surface area contributed by atoms with Crippen LogP contribution in [-0.4, -0.2) is 29.5 Å². The quantitative estimate of drug-likeness (QED) is 0.874. The predicted octanol–water partition coefficient (Wildman–Crippen LogP) is 2.58. The molecule has 1 rings (SSSR count). The minimum atomic E-state index is 0.273. The van der Waals surface area contributed by atoms with E-state index in [0.717, 1.165) is 24.0 Å². The van der Waals surface area contributed by atoms with Gasteiger partial charge in [0.1, 0.15) is 0 Å². The molecule has 0 saturated heterocycles. The summed E-state index contributed by atoms with van der Waals surface area (Å²) < 4.78 is 1.01. The van der Waals surface area contributed by atoms with Crippen LogP contribution in [0.3, 0.4) is 0 Å². The Morgan fingerprint density at radius 2 is 2.19 bits per heavy atom. The van der Waals surface area contributed by atoms with Gasteiger partial charge in [-0.1, -0.05) is 13.8 Å². The van der Waals surface area contributed by atoms with E-state index < -0.39 is 0 Å². The summed E-state index contributed by atoms with van der Waals surface area (Å²) in [5.74, 6) is 0. The molecular formula is C12H20BrN3. The lowest BCUT2D eigenvalue weighted by atomic mass is 10.1. The maximum absolute atomic E-state index is 5.88. The number of nitrogens with two attached hydrogens (primary N) is 1. The molecular weight excluding hydrogens is 266 g/mol. The molecule has 0 bridgehead atoms. The molecule has 0 aliphatic carbocycles. The van der Waals surface area contributed by atoms with Crippen molar-refractivity contribution in [2.24, 2.45) is 5.73 Å². The number of halogens is 1. The van der Waals surface area contributed by atoms with E-state index in [0.29, 0.717) is 6.54 Å². The first-order valence-corrected chi connectivity index (χ1v) is 6.56. The number of rotatable bonds is 6. The average molecular weight is 286 g/mol. The Balaban J connectivity index is 2.87. The number of pyridine rings is 1. The molecule has 3 nitrogen and oxygen atoms in total. The molecule has 0 fully saturated rings. The first-order chi connectivity index (χ1) is 7.72. The summed E-state index contributed by atoms with van der Waals surface area (Å²) in [6.07, 6.45) is 4.85. The fraction of sp³-hybridized carbons (Fsp3) is 0.583. The molecule has 1 heterocycles. The van der Waals surface area contributed by atoms with Gasteiger partial charge in [-0.15, -0.1) is 0 Å². The third kappa shape index (κ3) is 3.54. The van der Waals surface area contributed by atoms with Gasteiger partial charge in [0.15, 0.2) is 0 Å². The summed E-state index contributed by atoms with van der Waals surface area (Å²) in [6, 6.07) is 2.37. The Morgan fingerprint density at radius 1 is 1.44 bits per heavy atom. The van der Waals surface area contributed by atoms with Crippen LogP contribution in [0.25, 0.3) is 0 Å². The summed E-state index contributed by atoms with van der Waals surface area (Å²) >= 11 is 3.45. The summed E-state index contributed by atoms with van der Waals surface area (Å²) in [5.41, 5.74) is 7.06. The Kier molecular flexibility index (Phi) is 5.95. The smallest absolute Gasteiger partial charge is 0.0485 e. The van der Waals surface area contributed by atoms with Crippen LogP contribution in [0.1, 0.15) is 31.9 Å². The molecule has 0 aromatic carbocycles. The summed E-state index contributed by atoms with van der Waals surface area (Å²) in [7, 11) is 0. The van der Waals surface area contributed by atoms with Crippen molar-refractivity contribution < 1.29 is 0 Å². The van der Waals surface area contributed by atoms with Crippen molar-refractivity contribution in [2.75, 3.05) is 19.6 Å². The highest BCUT2D eigenvalue weighted by molar-refractivity contribution is 9.10. The largest absolute Gasteiger partial charge is 0.329 e. The molecule has 90 valence electrons. The van der Waals surface area contributed by atoms with Crippen molar-refractivity contribution in [3.63, 3.8) is 0 Å². The van der Waals surface area contributed by atoms with Gasteiger partial charge in [-0.2, -0.15) is 0 Å². The normalized spacial score (nSPS) is 13.1. The van der Waals surface area contributed by atoms with Crippen LogP contribution in [0.2, 0.25) is 0 Å². The van der Waals surface area contributed by atoms with E-state index in [9.17, 15) is 0 Å². The highest BCUT2D eigenvalue weighted by Crippen LogP contribution is 2.21. The van der Waals surface area contributed by atoms with E-state index in [1.807, 2.05) is 6.20 Å². The summed E-state index contributed by atoms with van der Waals surface area (Å²) in [5, 5.41) is 0. The van der Waals surface area contributed by atoms with Crippen LogP contribution >= 0.6 is 15.9 Å². The van der Waals surface area contributed by atoms with Gasteiger partial charge in [0, 0.05) is 29.5 Å². The number of nitrogens with zero attached hydrogens (tertiary/aromatic N) is 2. The SMILES string of the molecule is CCCN(CC)C(CN)c1cncc(Br)c1. The molecule has 0 aliphatic rings. The van der Waals surface area contributed by atoms with Gasteiger partial charge in [-0.3, -0.25) is 9.88 Å². The molecule has 0 saturated carbocycles. The van der Waals surface area contributed by atoms with E-state index in [1.54, 1.807) is 6.20 Å². The molecule has 1 atom stereocenters. The first kappa shape index (κ1) is 13.6. The topological polar surface area (TPSA) is 42.1 Å². The second-order valence-electron chi connectivity index (χ2n) is 3.82. The second kappa shape index (κ2) is 6.99. The van der Waals surface area contributed by atoms with Crippen LogP contribution in [-0.2, 0) is 0 Å². The van der Waals surface area contributed by atoms with Gasteiger partial charge in [-0.25, -0.2) is 0 Å². The highest BCUT2D eigenvalue weighted by Gasteiger charge is 2.17. The molecule has 16 heavy (non-hydrogen) atoms. The van der Waals surface area contributed by atoms with Gasteiger partial charge in [0.2, 0.25) is 0 Å². The minimum absolute atomic E-state index is 0.273. The zero-order valence-corrected chi connectivity index (χ0v) is 11.6. The molecule has 1 unspecified atom stereocenters. The Morgan fingerprint density at radius 3 is 2.69 bits per heavy atom. The van der Waals surface area contributed by atoms with Gasteiger partial charge in [-0.05, 0) is 47.1 Å². The van der Waals surface area contributed by atoms with Gasteiger partial charge in [0.25, 0.3) is 0 Å². The molecule has 1 aromatic rings. The molecule has 1 aromatic heterocycles. The van der Waals surface area contributed by atoms with Crippen LogP contribution < -0.4 is 5.73 Å². The van der Waals surface area contributed by atoms with Crippen molar-refractivity contribution >= 4 is 15.9 Å². The fourth-order valence-corrected chi connectivity index (χ4v) is 2.31. The number of hydrogen-bond donors (Lipinski definition) is 1. The monoisotopic (exact) mass is 285 g/mol. The van der Waals surface area contributed by atoms with Crippen molar-refractivity contribution in [3.05, 3.63) is 28.5 Å². The first-order valence-electron chi connectivity index (χ1n) is 5.77. The standard InChI is InChI=1S/C12H20BrN3/c1-3-5-16(4-2)12(7-14)10-6-11(13)9-15-8-10/h6,8-9,12H,3-5,7,14H2,1-2H3. The molecule has 4 heteroatoms. The van der Waals surface area contributed by atoms with Crippen LogP contribution in [0, 0.1) is 0 Å². The van der Waals surface area contributed by atoms with E-state index in [4.69, 9.17) is 5.73 Å². The zero-order valence-electron chi connectivity index (χ0n) is 9.99. The van der Waals surface area contributed by atoms with Crippen LogP contribution in [0.4, 0.5) is 0 Å². The molecule has 0 radical (unpaired) electrons.